The van der Waals surface area contributed by atoms with Crippen molar-refractivity contribution < 1.29 is 9.53 Å². The van der Waals surface area contributed by atoms with Gasteiger partial charge in [-0.2, -0.15) is 0 Å². The number of hydrogen-bond donors (Lipinski definition) is 2. The van der Waals surface area contributed by atoms with Gasteiger partial charge in [0.25, 0.3) is 0 Å². The second kappa shape index (κ2) is 5.81. The fraction of sp³-hybridized carbons (Fsp3) is 0.429. The summed E-state index contributed by atoms with van der Waals surface area (Å²) in [5.74, 6) is 1.29. The molecule has 0 bridgehead atoms. The van der Waals surface area contributed by atoms with Gasteiger partial charge in [-0.15, -0.1) is 0 Å². The van der Waals surface area contributed by atoms with E-state index in [1.807, 2.05) is 32.0 Å². The van der Waals surface area contributed by atoms with Crippen molar-refractivity contribution in [1.29, 1.82) is 0 Å². The smallest absolute Gasteiger partial charge is 0.240 e. The van der Waals surface area contributed by atoms with Crippen LogP contribution in [0.4, 0.5) is 5.95 Å². The molecule has 6 nitrogen and oxygen atoms in total. The van der Waals surface area contributed by atoms with Gasteiger partial charge in [0, 0.05) is 6.54 Å². The van der Waals surface area contributed by atoms with Gasteiger partial charge >= 0.3 is 0 Å². The summed E-state index contributed by atoms with van der Waals surface area (Å²) >= 11 is 0. The Hall–Kier alpha value is -2.24. The number of benzene rings is 1. The van der Waals surface area contributed by atoms with E-state index < -0.39 is 0 Å². The highest BCUT2D eigenvalue weighted by Crippen LogP contribution is 2.26. The van der Waals surface area contributed by atoms with Gasteiger partial charge in [0.05, 0.1) is 12.6 Å². The van der Waals surface area contributed by atoms with E-state index in [0.29, 0.717) is 29.7 Å². The van der Waals surface area contributed by atoms with Crippen LogP contribution in [0.2, 0.25) is 0 Å². The van der Waals surface area contributed by atoms with Gasteiger partial charge in [-0.25, -0.2) is 4.98 Å². The molecule has 0 aliphatic heterocycles. The van der Waals surface area contributed by atoms with E-state index in [1.165, 1.54) is 0 Å². The lowest BCUT2D eigenvalue weighted by Gasteiger charge is -2.09. The van der Waals surface area contributed by atoms with Crippen molar-refractivity contribution in [2.24, 2.45) is 5.92 Å². The second-order valence-corrected chi connectivity index (χ2v) is 5.08. The highest BCUT2D eigenvalue weighted by atomic mass is 16.5. The zero-order chi connectivity index (χ0) is 14.7. The Kier molecular flexibility index (Phi) is 4.12. The highest BCUT2D eigenvalue weighted by molar-refractivity contribution is 5.86. The topological polar surface area (TPSA) is 82.2 Å². The molecule has 0 saturated heterocycles. The number of imidazole rings is 1. The van der Waals surface area contributed by atoms with Crippen molar-refractivity contribution in [2.75, 3.05) is 19.4 Å². The van der Waals surface area contributed by atoms with Crippen molar-refractivity contribution in [2.45, 2.75) is 20.4 Å². The number of nitrogens with one attached hydrogen (secondary N) is 1. The Labute approximate surface area is 117 Å². The predicted octanol–water partition coefficient (Wildman–Crippen LogP) is 1.40. The number of fused-ring (bicyclic) bond motifs is 1. The van der Waals surface area contributed by atoms with E-state index in [9.17, 15) is 4.79 Å². The van der Waals surface area contributed by atoms with Crippen LogP contribution in [0.5, 0.6) is 5.75 Å². The lowest BCUT2D eigenvalue weighted by molar-refractivity contribution is -0.121. The summed E-state index contributed by atoms with van der Waals surface area (Å²) in [6.45, 7) is 4.90. The van der Waals surface area contributed by atoms with Crippen LogP contribution in [0.25, 0.3) is 11.0 Å². The summed E-state index contributed by atoms with van der Waals surface area (Å²) in [7, 11) is 1.58. The number of amides is 1. The van der Waals surface area contributed by atoms with Crippen LogP contribution in [0.3, 0.4) is 0 Å². The van der Waals surface area contributed by atoms with Crippen LogP contribution < -0.4 is 15.8 Å². The molecule has 1 amide bonds. The number of nitrogen functional groups attached to an aromatic ring is 1. The number of methoxy groups -OCH3 is 1. The SMILES string of the molecule is COc1cccc2c1nc(N)n2CC(=O)NCC(C)C. The minimum atomic E-state index is -0.0764. The first-order valence-electron chi connectivity index (χ1n) is 6.58. The minimum Gasteiger partial charge on any atom is -0.494 e. The number of anilines is 1. The van der Waals surface area contributed by atoms with Crippen molar-refractivity contribution in [3.05, 3.63) is 18.2 Å². The first kappa shape index (κ1) is 14.2. The first-order chi connectivity index (χ1) is 9.52. The third kappa shape index (κ3) is 2.84. The Morgan fingerprint density at radius 1 is 1.50 bits per heavy atom. The van der Waals surface area contributed by atoms with E-state index in [2.05, 4.69) is 10.3 Å². The van der Waals surface area contributed by atoms with Gasteiger partial charge in [-0.3, -0.25) is 4.79 Å². The molecule has 0 unspecified atom stereocenters. The largest absolute Gasteiger partial charge is 0.494 e. The van der Waals surface area contributed by atoms with Crippen molar-refractivity contribution in [1.82, 2.24) is 14.9 Å². The fourth-order valence-corrected chi connectivity index (χ4v) is 1.99. The number of carbonyl (C=O) groups is 1. The van der Waals surface area contributed by atoms with E-state index in [4.69, 9.17) is 10.5 Å². The lowest BCUT2D eigenvalue weighted by Crippen LogP contribution is -2.30. The molecule has 3 N–H and O–H groups in total. The third-order valence-corrected chi connectivity index (χ3v) is 3.00. The molecule has 2 rings (SSSR count). The first-order valence-corrected chi connectivity index (χ1v) is 6.58. The average Bonchev–Trinajstić information content (AvgIpc) is 2.73. The summed E-state index contributed by atoms with van der Waals surface area (Å²) in [5.41, 5.74) is 7.36. The summed E-state index contributed by atoms with van der Waals surface area (Å²) in [6.07, 6.45) is 0. The van der Waals surface area contributed by atoms with Crippen molar-refractivity contribution in [3.63, 3.8) is 0 Å². The molecule has 0 atom stereocenters. The molecule has 0 saturated carbocycles. The maximum Gasteiger partial charge on any atom is 0.240 e. The molecule has 20 heavy (non-hydrogen) atoms. The molecule has 0 aliphatic carbocycles. The Bertz CT molecular complexity index is 619. The Balaban J connectivity index is 2.26. The van der Waals surface area contributed by atoms with Gasteiger partial charge < -0.3 is 20.4 Å². The number of aromatic nitrogens is 2. The monoisotopic (exact) mass is 276 g/mol. The van der Waals surface area contributed by atoms with Gasteiger partial charge in [0.2, 0.25) is 11.9 Å². The fourth-order valence-electron chi connectivity index (χ4n) is 1.99. The molecule has 0 aliphatic rings. The molecule has 1 aromatic carbocycles. The van der Waals surface area contributed by atoms with Gasteiger partial charge in [0.15, 0.2) is 0 Å². The lowest BCUT2D eigenvalue weighted by atomic mass is 10.2. The summed E-state index contributed by atoms with van der Waals surface area (Å²) in [6, 6.07) is 5.54. The Morgan fingerprint density at radius 2 is 2.25 bits per heavy atom. The van der Waals surface area contributed by atoms with Crippen molar-refractivity contribution in [3.8, 4) is 5.75 Å². The van der Waals surface area contributed by atoms with Crippen LogP contribution in [0.1, 0.15) is 13.8 Å². The number of hydrogen-bond acceptors (Lipinski definition) is 4. The normalized spacial score (nSPS) is 11.0. The van der Waals surface area contributed by atoms with E-state index in [-0.39, 0.29) is 12.5 Å². The quantitative estimate of drug-likeness (QED) is 0.864. The molecule has 108 valence electrons. The van der Waals surface area contributed by atoms with Crippen LogP contribution in [-0.2, 0) is 11.3 Å². The van der Waals surface area contributed by atoms with Gasteiger partial charge in [0.1, 0.15) is 17.8 Å². The molecule has 1 aromatic heterocycles. The maximum atomic E-state index is 11.9. The number of ether oxygens (including phenoxy) is 1. The molecule has 0 spiro atoms. The summed E-state index contributed by atoms with van der Waals surface area (Å²) < 4.78 is 6.94. The molecule has 0 fully saturated rings. The average molecular weight is 276 g/mol. The summed E-state index contributed by atoms with van der Waals surface area (Å²) in [4.78, 5) is 16.2. The number of rotatable bonds is 5. The zero-order valence-electron chi connectivity index (χ0n) is 12.0. The molecule has 0 radical (unpaired) electrons. The van der Waals surface area contributed by atoms with Crippen LogP contribution >= 0.6 is 0 Å². The number of nitrogens with zero attached hydrogens (tertiary/aromatic N) is 2. The molecule has 1 heterocycles. The van der Waals surface area contributed by atoms with E-state index in [1.54, 1.807) is 11.7 Å². The maximum absolute atomic E-state index is 11.9. The minimum absolute atomic E-state index is 0.0764. The van der Waals surface area contributed by atoms with Crippen LogP contribution in [0.15, 0.2) is 18.2 Å². The molecular weight excluding hydrogens is 256 g/mol. The molecule has 2 aromatic rings. The summed E-state index contributed by atoms with van der Waals surface area (Å²) in [5, 5.41) is 2.87. The molecule has 6 heteroatoms. The zero-order valence-corrected chi connectivity index (χ0v) is 12.0. The predicted molar refractivity (Wildman–Crippen MR) is 78.5 cm³/mol. The van der Waals surface area contributed by atoms with Crippen LogP contribution in [-0.4, -0.2) is 29.1 Å². The van der Waals surface area contributed by atoms with E-state index >= 15 is 0 Å². The van der Waals surface area contributed by atoms with Crippen LogP contribution in [0, 0.1) is 5.92 Å². The van der Waals surface area contributed by atoms with E-state index in [0.717, 1.165) is 5.52 Å². The van der Waals surface area contributed by atoms with Gasteiger partial charge in [-0.05, 0) is 18.1 Å². The third-order valence-electron chi connectivity index (χ3n) is 3.00. The van der Waals surface area contributed by atoms with Crippen molar-refractivity contribution >= 4 is 22.9 Å². The van der Waals surface area contributed by atoms with Gasteiger partial charge in [-0.1, -0.05) is 19.9 Å². The molecular formula is C14H20N4O2. The number of para-hydroxylation sites is 1. The highest BCUT2D eigenvalue weighted by Gasteiger charge is 2.14. The number of nitrogens with two attached hydrogens (primary N) is 1. The second-order valence-electron chi connectivity index (χ2n) is 5.08. The number of carbonyl (C=O) groups excluding carboxylic acids is 1. The Morgan fingerprint density at radius 3 is 2.90 bits per heavy atom. The standard InChI is InChI=1S/C14H20N4O2/c1-9(2)7-16-12(19)8-18-10-5-4-6-11(20-3)13(10)17-14(18)15/h4-6,9H,7-8H2,1-3H3,(H2,15,17)(H,16,19).